The number of hydrogen-bond acceptors (Lipinski definition) is 14. The molecule has 5 atom stereocenters. The van der Waals surface area contributed by atoms with E-state index in [-0.39, 0.29) is 19.3 Å². The predicted octanol–water partition coefficient (Wildman–Crippen LogP) is 21.5. The smallest absolute Gasteiger partial charge is 0.463 e. The molecule has 0 aliphatic carbocycles. The standard InChI is InChI=1S/C79H134O16P2/c1-4-7-10-13-16-19-22-25-28-30-32-33-34-35-36-37-38-39-41-43-45-47-50-53-56-59-62-65-77(82)89-68-74(80)69-91-96(85,86)92-70-75(81)71-93-97(87,88)94-73-76(95-79(84)67-64-61-58-55-52-49-44-27-24-21-18-15-12-9-6-3)72-90-78(83)66-63-60-57-54-51-48-46-42-40-31-29-26-23-20-17-14-11-8-5-2/h7,10,16-21,25-29,32-33,35-36,38-40,42,44,74-76,80-81H,4-6,8-9,11-15,22-24,30-31,34,37,41,43,45-73H2,1-3H3,(H,85,86)(H,87,88)/b10-7-,19-16-,20-17-,21-18-,28-25-,29-26-,33-32-,36-35-,39-38-,42-40-,44-27-. The number of allylic oxidation sites excluding steroid dienone is 22. The van der Waals surface area contributed by atoms with Crippen molar-refractivity contribution in [2.45, 2.75) is 309 Å². The van der Waals surface area contributed by atoms with Crippen molar-refractivity contribution in [3.05, 3.63) is 134 Å². The molecule has 0 aromatic rings. The zero-order chi connectivity index (χ0) is 70.9. The first kappa shape index (κ1) is 92.7. The summed E-state index contributed by atoms with van der Waals surface area (Å²) in [5.74, 6) is -1.61. The van der Waals surface area contributed by atoms with Crippen molar-refractivity contribution in [1.29, 1.82) is 0 Å². The highest BCUT2D eigenvalue weighted by Crippen LogP contribution is 2.45. The van der Waals surface area contributed by atoms with Gasteiger partial charge in [-0.15, -0.1) is 0 Å². The number of ether oxygens (including phenoxy) is 3. The van der Waals surface area contributed by atoms with Crippen LogP contribution in [-0.4, -0.2) is 95.9 Å². The van der Waals surface area contributed by atoms with E-state index >= 15 is 0 Å². The van der Waals surface area contributed by atoms with Crippen LogP contribution in [-0.2, 0) is 55.8 Å². The van der Waals surface area contributed by atoms with E-state index in [0.717, 1.165) is 173 Å². The van der Waals surface area contributed by atoms with Crippen LogP contribution in [0.2, 0.25) is 0 Å². The number of phosphoric acid groups is 2. The molecule has 5 unspecified atom stereocenters. The van der Waals surface area contributed by atoms with Gasteiger partial charge in [0, 0.05) is 19.3 Å². The first-order chi connectivity index (χ1) is 47.2. The van der Waals surface area contributed by atoms with Gasteiger partial charge in [0.25, 0.3) is 0 Å². The number of aliphatic hydroxyl groups is 2. The highest BCUT2D eigenvalue weighted by atomic mass is 31.2. The van der Waals surface area contributed by atoms with Crippen LogP contribution in [0.4, 0.5) is 0 Å². The predicted molar refractivity (Wildman–Crippen MR) is 399 cm³/mol. The molecule has 556 valence electrons. The van der Waals surface area contributed by atoms with E-state index in [4.69, 9.17) is 32.3 Å². The number of esters is 3. The van der Waals surface area contributed by atoms with Crippen LogP contribution >= 0.6 is 15.6 Å². The molecule has 4 N–H and O–H groups in total. The summed E-state index contributed by atoms with van der Waals surface area (Å²) in [7, 11) is -9.80. The zero-order valence-corrected chi connectivity index (χ0v) is 62.2. The van der Waals surface area contributed by atoms with Crippen molar-refractivity contribution in [2.24, 2.45) is 0 Å². The Labute approximate surface area is 588 Å². The largest absolute Gasteiger partial charge is 0.472 e. The van der Waals surface area contributed by atoms with Crippen molar-refractivity contribution in [2.75, 3.05) is 39.6 Å². The molecule has 0 rings (SSSR count). The first-order valence-electron chi connectivity index (χ1n) is 37.5. The van der Waals surface area contributed by atoms with Crippen LogP contribution < -0.4 is 0 Å². The lowest BCUT2D eigenvalue weighted by atomic mass is 10.1. The Hall–Kier alpha value is -4.31. The third-order valence-corrected chi connectivity index (χ3v) is 17.2. The fraction of sp³-hybridized carbons (Fsp3) is 0.684. The minimum Gasteiger partial charge on any atom is -0.463 e. The molecule has 97 heavy (non-hydrogen) atoms. The SMILES string of the molecule is CC/C=C\C/C=C\C/C=C\C/C=C\C/C=C\C/C=C\CCCCCCCCCCC(=O)OCC(O)COP(=O)(O)OCC(O)COP(=O)(O)OCC(COC(=O)CCCCCCCC/C=C\C/C=C\C/C=C\CCCCC)OC(=O)CCCCCCC/C=C\C/C=C\CCCCC. The number of unbranched alkanes of at least 4 members (excludes halogenated alkanes) is 25. The van der Waals surface area contributed by atoms with Crippen LogP contribution in [0.5, 0.6) is 0 Å². The van der Waals surface area contributed by atoms with Gasteiger partial charge in [-0.05, 0) is 141 Å². The topological polar surface area (TPSA) is 231 Å². The summed E-state index contributed by atoms with van der Waals surface area (Å²) >= 11 is 0. The third-order valence-electron chi connectivity index (χ3n) is 15.3. The van der Waals surface area contributed by atoms with E-state index in [2.05, 4.69) is 154 Å². The van der Waals surface area contributed by atoms with Crippen LogP contribution in [0, 0.1) is 0 Å². The molecule has 0 aromatic heterocycles. The number of hydrogen-bond donors (Lipinski definition) is 4. The van der Waals surface area contributed by atoms with Gasteiger partial charge in [0.15, 0.2) is 6.10 Å². The maximum atomic E-state index is 12.9. The Balaban J connectivity index is 4.60. The number of carbonyl (C=O) groups is 3. The normalized spacial score (nSPS) is 14.8. The van der Waals surface area contributed by atoms with E-state index < -0.39 is 91.5 Å². The van der Waals surface area contributed by atoms with E-state index in [1.54, 1.807) is 0 Å². The summed E-state index contributed by atoms with van der Waals surface area (Å²) in [6.07, 6.45) is 84.9. The lowest BCUT2D eigenvalue weighted by Gasteiger charge is -2.21. The molecule has 16 nitrogen and oxygen atoms in total. The fourth-order valence-corrected chi connectivity index (χ4v) is 11.2. The van der Waals surface area contributed by atoms with E-state index in [9.17, 15) is 43.5 Å². The zero-order valence-electron chi connectivity index (χ0n) is 60.5. The molecule has 0 bridgehead atoms. The second-order valence-corrected chi connectivity index (χ2v) is 27.6. The summed E-state index contributed by atoms with van der Waals surface area (Å²) in [5, 5.41) is 20.6. The van der Waals surface area contributed by atoms with Gasteiger partial charge in [-0.1, -0.05) is 264 Å². The van der Waals surface area contributed by atoms with Crippen molar-refractivity contribution in [1.82, 2.24) is 0 Å². The number of phosphoric ester groups is 2. The van der Waals surface area contributed by atoms with Crippen LogP contribution in [0.1, 0.15) is 290 Å². The van der Waals surface area contributed by atoms with Gasteiger partial charge in [0.05, 0.1) is 26.4 Å². The fourth-order valence-electron chi connectivity index (χ4n) is 9.61. The minimum atomic E-state index is -4.94. The minimum absolute atomic E-state index is 0.0829. The Kier molecular flexibility index (Phi) is 68.3. The molecule has 0 aliphatic rings. The van der Waals surface area contributed by atoms with Crippen molar-refractivity contribution in [3.63, 3.8) is 0 Å². The van der Waals surface area contributed by atoms with Gasteiger partial charge in [0.1, 0.15) is 25.4 Å². The third kappa shape index (κ3) is 72.8. The average Bonchev–Trinajstić information content (AvgIpc) is 1.86. The van der Waals surface area contributed by atoms with Crippen molar-refractivity contribution >= 4 is 33.6 Å². The van der Waals surface area contributed by atoms with Crippen molar-refractivity contribution < 1.29 is 75.8 Å². The Morgan fingerprint density at radius 2 is 0.546 bits per heavy atom. The van der Waals surface area contributed by atoms with Gasteiger partial charge in [-0.3, -0.25) is 32.5 Å². The molecule has 0 aromatic carbocycles. The van der Waals surface area contributed by atoms with Gasteiger partial charge in [-0.2, -0.15) is 0 Å². The van der Waals surface area contributed by atoms with Gasteiger partial charge < -0.3 is 34.2 Å². The summed E-state index contributed by atoms with van der Waals surface area (Å²) in [6.45, 7) is 2.46. The summed E-state index contributed by atoms with van der Waals surface area (Å²) < 4.78 is 61.0. The maximum Gasteiger partial charge on any atom is 0.472 e. The average molecular weight is 1400 g/mol. The molecule has 0 amide bonds. The molecule has 0 aliphatic heterocycles. The highest BCUT2D eigenvalue weighted by molar-refractivity contribution is 7.47. The molecule has 18 heteroatoms. The maximum absolute atomic E-state index is 12.9. The molecule has 0 saturated carbocycles. The molecule has 0 heterocycles. The van der Waals surface area contributed by atoms with E-state index in [0.29, 0.717) is 19.3 Å². The number of aliphatic hydroxyl groups excluding tert-OH is 2. The molecule has 0 radical (unpaired) electrons. The van der Waals surface area contributed by atoms with E-state index in [1.807, 2.05) is 0 Å². The second-order valence-electron chi connectivity index (χ2n) is 24.7. The summed E-state index contributed by atoms with van der Waals surface area (Å²) in [5.41, 5.74) is 0. The molecular weight excluding hydrogens is 1270 g/mol. The Morgan fingerprint density at radius 3 is 0.866 bits per heavy atom. The molecule has 0 fully saturated rings. The van der Waals surface area contributed by atoms with Gasteiger partial charge >= 0.3 is 33.6 Å². The Morgan fingerprint density at radius 1 is 0.299 bits per heavy atom. The lowest BCUT2D eigenvalue weighted by molar-refractivity contribution is -0.161. The summed E-state index contributed by atoms with van der Waals surface area (Å²) in [6, 6.07) is 0. The van der Waals surface area contributed by atoms with E-state index in [1.165, 1.54) is 57.8 Å². The molecular formula is C79H134O16P2. The van der Waals surface area contributed by atoms with Crippen molar-refractivity contribution in [3.8, 4) is 0 Å². The lowest BCUT2D eigenvalue weighted by Crippen LogP contribution is -2.30. The van der Waals surface area contributed by atoms with Gasteiger partial charge in [0.2, 0.25) is 0 Å². The highest BCUT2D eigenvalue weighted by Gasteiger charge is 2.29. The van der Waals surface area contributed by atoms with Crippen LogP contribution in [0.3, 0.4) is 0 Å². The monoisotopic (exact) mass is 1400 g/mol. The van der Waals surface area contributed by atoms with Crippen LogP contribution in [0.25, 0.3) is 0 Å². The second kappa shape index (κ2) is 71.5. The molecule has 0 saturated heterocycles. The van der Waals surface area contributed by atoms with Crippen LogP contribution in [0.15, 0.2) is 134 Å². The quantitative estimate of drug-likeness (QED) is 0.0146. The first-order valence-corrected chi connectivity index (χ1v) is 40.5. The number of rotatable bonds is 70. The number of carbonyl (C=O) groups excluding carboxylic acids is 3. The Bertz CT molecular complexity index is 2300. The molecule has 0 spiro atoms. The summed E-state index contributed by atoms with van der Waals surface area (Å²) in [4.78, 5) is 58.5. The van der Waals surface area contributed by atoms with Gasteiger partial charge in [-0.25, -0.2) is 9.13 Å².